The number of aromatic amines is 1. The van der Waals surface area contributed by atoms with E-state index >= 15 is 0 Å². The number of methoxy groups -OCH3 is 1. The third kappa shape index (κ3) is 3.30. The van der Waals surface area contributed by atoms with E-state index in [9.17, 15) is 4.79 Å². The van der Waals surface area contributed by atoms with Crippen molar-refractivity contribution in [3.8, 4) is 0 Å². The van der Waals surface area contributed by atoms with Gasteiger partial charge in [0.2, 0.25) is 5.82 Å². The Hall–Kier alpha value is -1.43. The number of aryl methyl sites for hydroxylation is 1. The lowest BCUT2D eigenvalue weighted by atomic mass is 10.1. The number of ether oxygens (including phenoxy) is 1. The minimum atomic E-state index is -0.389. The lowest BCUT2D eigenvalue weighted by molar-refractivity contribution is 0.0227. The molecule has 6 heteroatoms. The maximum Gasteiger partial charge on any atom is 0.291 e. The molecule has 0 atom stereocenters. The van der Waals surface area contributed by atoms with Crippen LogP contribution in [0.2, 0.25) is 0 Å². The number of carbonyl (C=O) groups is 1. The number of carbonyl (C=O) groups excluding carboxylic acids is 1. The van der Waals surface area contributed by atoms with Crippen LogP contribution < -0.4 is 5.32 Å². The number of nitrogens with one attached hydrogen (secondary N) is 2. The van der Waals surface area contributed by atoms with E-state index in [-0.39, 0.29) is 17.3 Å². The molecule has 0 bridgehead atoms. The molecule has 1 heterocycles. The second-order valence-corrected chi connectivity index (χ2v) is 4.11. The first-order valence-electron chi connectivity index (χ1n) is 5.23. The normalized spacial score (nSPS) is 11.5. The molecule has 1 aromatic heterocycles. The first-order valence-corrected chi connectivity index (χ1v) is 5.23. The van der Waals surface area contributed by atoms with Crippen molar-refractivity contribution in [2.45, 2.75) is 32.8 Å². The third-order valence-corrected chi connectivity index (χ3v) is 2.30. The van der Waals surface area contributed by atoms with E-state index in [4.69, 9.17) is 4.74 Å². The summed E-state index contributed by atoms with van der Waals surface area (Å²) in [5.41, 5.74) is -0.389. The largest absolute Gasteiger partial charge is 0.377 e. The van der Waals surface area contributed by atoms with Crippen molar-refractivity contribution in [3.63, 3.8) is 0 Å². The Kier molecular flexibility index (Phi) is 4.00. The van der Waals surface area contributed by atoms with Gasteiger partial charge in [0.15, 0.2) is 0 Å². The highest BCUT2D eigenvalue weighted by Gasteiger charge is 2.19. The summed E-state index contributed by atoms with van der Waals surface area (Å²) in [7, 11) is 1.61. The van der Waals surface area contributed by atoms with Crippen LogP contribution in [0.1, 0.15) is 37.2 Å². The van der Waals surface area contributed by atoms with Gasteiger partial charge in [0.25, 0.3) is 5.91 Å². The second-order valence-electron chi connectivity index (χ2n) is 4.11. The highest BCUT2D eigenvalue weighted by atomic mass is 16.5. The zero-order valence-corrected chi connectivity index (χ0v) is 10.1. The molecule has 0 radical (unpaired) electrons. The number of hydrogen-bond acceptors (Lipinski definition) is 4. The third-order valence-electron chi connectivity index (χ3n) is 2.30. The molecule has 1 rings (SSSR count). The zero-order valence-electron chi connectivity index (χ0n) is 10.1. The quantitative estimate of drug-likeness (QED) is 0.767. The molecule has 90 valence electrons. The Labute approximate surface area is 94.8 Å². The number of nitrogens with zero attached hydrogens (tertiary/aromatic N) is 2. The lowest BCUT2D eigenvalue weighted by Crippen LogP contribution is -2.40. The summed E-state index contributed by atoms with van der Waals surface area (Å²) >= 11 is 0. The Morgan fingerprint density at radius 2 is 2.25 bits per heavy atom. The maximum atomic E-state index is 11.6. The molecular formula is C10H18N4O2. The SMILES string of the molecule is CCc1nc(C(=O)NCC(C)(C)OC)n[nH]1. The van der Waals surface area contributed by atoms with Crippen LogP contribution in [0.3, 0.4) is 0 Å². The van der Waals surface area contributed by atoms with E-state index in [0.717, 1.165) is 6.42 Å². The molecule has 16 heavy (non-hydrogen) atoms. The molecule has 0 unspecified atom stereocenters. The molecule has 0 aromatic carbocycles. The standard InChI is InChI=1S/C10H18N4O2/c1-5-7-12-8(14-13-7)9(15)11-6-10(2,3)16-4/h5-6H2,1-4H3,(H,11,15)(H,12,13,14). The summed E-state index contributed by atoms with van der Waals surface area (Å²) in [6.07, 6.45) is 0.726. The van der Waals surface area contributed by atoms with Crippen LogP contribution >= 0.6 is 0 Å². The smallest absolute Gasteiger partial charge is 0.291 e. The molecule has 1 amide bonds. The fraction of sp³-hybridized carbons (Fsp3) is 0.700. The van der Waals surface area contributed by atoms with Crippen molar-refractivity contribution in [1.29, 1.82) is 0 Å². The first kappa shape index (κ1) is 12.6. The van der Waals surface area contributed by atoms with Crippen molar-refractivity contribution < 1.29 is 9.53 Å². The molecule has 0 aliphatic carbocycles. The molecular weight excluding hydrogens is 208 g/mol. The van der Waals surface area contributed by atoms with E-state index in [1.165, 1.54) is 0 Å². The summed E-state index contributed by atoms with van der Waals surface area (Å²) in [6.45, 7) is 6.14. The van der Waals surface area contributed by atoms with Gasteiger partial charge in [0.05, 0.1) is 5.60 Å². The minimum Gasteiger partial charge on any atom is -0.377 e. The average molecular weight is 226 g/mol. The summed E-state index contributed by atoms with van der Waals surface area (Å²) in [5, 5.41) is 9.24. The van der Waals surface area contributed by atoms with Crippen molar-refractivity contribution in [1.82, 2.24) is 20.5 Å². The Morgan fingerprint density at radius 3 is 2.75 bits per heavy atom. The number of hydrogen-bond donors (Lipinski definition) is 2. The lowest BCUT2D eigenvalue weighted by Gasteiger charge is -2.22. The van der Waals surface area contributed by atoms with Gasteiger partial charge < -0.3 is 10.1 Å². The number of amides is 1. The zero-order chi connectivity index (χ0) is 12.2. The van der Waals surface area contributed by atoms with Gasteiger partial charge in [-0.15, -0.1) is 5.10 Å². The van der Waals surface area contributed by atoms with Crippen LogP contribution in [-0.2, 0) is 11.2 Å². The van der Waals surface area contributed by atoms with Crippen LogP contribution in [0, 0.1) is 0 Å². The van der Waals surface area contributed by atoms with Crippen molar-refractivity contribution in [2.75, 3.05) is 13.7 Å². The molecule has 1 aromatic rings. The Balaban J connectivity index is 2.53. The molecule has 0 spiro atoms. The van der Waals surface area contributed by atoms with Crippen LogP contribution in [0.4, 0.5) is 0 Å². The van der Waals surface area contributed by atoms with E-state index in [0.29, 0.717) is 12.4 Å². The number of rotatable bonds is 5. The van der Waals surface area contributed by atoms with Gasteiger partial charge in [-0.3, -0.25) is 9.89 Å². The molecule has 0 saturated heterocycles. The van der Waals surface area contributed by atoms with Crippen molar-refractivity contribution >= 4 is 5.91 Å². The van der Waals surface area contributed by atoms with Crippen LogP contribution in [0.25, 0.3) is 0 Å². The van der Waals surface area contributed by atoms with E-state index in [1.54, 1.807) is 7.11 Å². The van der Waals surface area contributed by atoms with Crippen molar-refractivity contribution in [2.24, 2.45) is 0 Å². The van der Waals surface area contributed by atoms with Gasteiger partial charge in [-0.2, -0.15) is 0 Å². The van der Waals surface area contributed by atoms with Crippen molar-refractivity contribution in [3.05, 3.63) is 11.6 Å². The summed E-state index contributed by atoms with van der Waals surface area (Å²) in [5.74, 6) is 0.584. The van der Waals surface area contributed by atoms with E-state index in [2.05, 4.69) is 20.5 Å². The monoisotopic (exact) mass is 226 g/mol. The molecule has 0 aliphatic rings. The Bertz CT molecular complexity index is 359. The van der Waals surface area contributed by atoms with Crippen LogP contribution in [-0.4, -0.2) is 40.3 Å². The second kappa shape index (κ2) is 5.07. The highest BCUT2D eigenvalue weighted by Crippen LogP contribution is 2.05. The van der Waals surface area contributed by atoms with Crippen LogP contribution in [0.5, 0.6) is 0 Å². The fourth-order valence-corrected chi connectivity index (χ4v) is 0.999. The summed E-state index contributed by atoms with van der Waals surface area (Å²) < 4.78 is 5.19. The minimum absolute atomic E-state index is 0.170. The molecule has 0 aliphatic heterocycles. The van der Waals surface area contributed by atoms with Gasteiger partial charge in [0, 0.05) is 20.1 Å². The van der Waals surface area contributed by atoms with Gasteiger partial charge >= 0.3 is 0 Å². The topological polar surface area (TPSA) is 79.9 Å². The predicted octanol–water partition coefficient (Wildman–Crippen LogP) is 0.522. The predicted molar refractivity (Wildman–Crippen MR) is 59.2 cm³/mol. The molecule has 2 N–H and O–H groups in total. The fourth-order valence-electron chi connectivity index (χ4n) is 0.999. The molecule has 0 fully saturated rings. The van der Waals surface area contributed by atoms with E-state index in [1.807, 2.05) is 20.8 Å². The van der Waals surface area contributed by atoms with Crippen LogP contribution in [0.15, 0.2) is 0 Å². The van der Waals surface area contributed by atoms with Gasteiger partial charge in [0.1, 0.15) is 5.82 Å². The summed E-state index contributed by atoms with van der Waals surface area (Å²) in [6, 6.07) is 0. The number of H-pyrrole nitrogens is 1. The summed E-state index contributed by atoms with van der Waals surface area (Å²) in [4.78, 5) is 15.7. The Morgan fingerprint density at radius 1 is 1.56 bits per heavy atom. The first-order chi connectivity index (χ1) is 7.48. The van der Waals surface area contributed by atoms with Gasteiger partial charge in [-0.05, 0) is 13.8 Å². The maximum absolute atomic E-state index is 11.6. The average Bonchev–Trinajstić information content (AvgIpc) is 2.74. The molecule has 6 nitrogen and oxygen atoms in total. The van der Waals surface area contributed by atoms with E-state index < -0.39 is 0 Å². The highest BCUT2D eigenvalue weighted by molar-refractivity contribution is 5.90. The van der Waals surface area contributed by atoms with Gasteiger partial charge in [-0.25, -0.2) is 4.98 Å². The molecule has 0 saturated carbocycles. The van der Waals surface area contributed by atoms with Gasteiger partial charge in [-0.1, -0.05) is 6.92 Å². The number of aromatic nitrogens is 3.